The van der Waals surface area contributed by atoms with Crippen molar-refractivity contribution in [3.05, 3.63) is 11.1 Å². The summed E-state index contributed by atoms with van der Waals surface area (Å²) in [5.41, 5.74) is 4.97. The molecule has 4 aliphatic rings. The van der Waals surface area contributed by atoms with E-state index in [1.165, 1.54) is 64.2 Å². The van der Waals surface area contributed by atoms with Crippen LogP contribution < -0.4 is 0 Å². The molecule has 4 aliphatic carbocycles. The molecule has 0 N–H and O–H groups in total. The Morgan fingerprint density at radius 2 is 1.78 bits per heavy atom. The molecule has 0 unspecified atom stereocenters. The number of hydrogen-bond acceptors (Lipinski definition) is 1. The van der Waals surface area contributed by atoms with Gasteiger partial charge in [0.2, 0.25) is 0 Å². The zero-order chi connectivity index (χ0) is 16.3. The van der Waals surface area contributed by atoms with Crippen molar-refractivity contribution in [2.45, 2.75) is 85.0 Å². The van der Waals surface area contributed by atoms with Gasteiger partial charge in [-0.25, -0.2) is 0 Å². The maximum absolute atomic E-state index is 5.79. The van der Waals surface area contributed by atoms with Gasteiger partial charge in [-0.1, -0.05) is 57.1 Å². The first-order chi connectivity index (χ1) is 11.0. The van der Waals surface area contributed by atoms with Gasteiger partial charge < -0.3 is 4.74 Å². The molecule has 0 amide bonds. The van der Waals surface area contributed by atoms with Crippen LogP contribution in [0.3, 0.4) is 0 Å². The van der Waals surface area contributed by atoms with Crippen LogP contribution in [0.15, 0.2) is 11.1 Å². The number of methoxy groups -OCH3 is 1. The Labute approximate surface area is 143 Å². The quantitative estimate of drug-likeness (QED) is 0.568. The fraction of sp³-hybridized carbons (Fsp3) is 0.909. The van der Waals surface area contributed by atoms with Gasteiger partial charge in [-0.05, 0) is 56.3 Å². The molecule has 3 atom stereocenters. The van der Waals surface area contributed by atoms with Crippen LogP contribution in [0.5, 0.6) is 0 Å². The summed E-state index contributed by atoms with van der Waals surface area (Å²) in [5, 5.41) is 0. The van der Waals surface area contributed by atoms with Crippen LogP contribution in [0.1, 0.15) is 85.0 Å². The highest BCUT2D eigenvalue weighted by atomic mass is 16.5. The second-order valence-corrected chi connectivity index (χ2v) is 9.79. The van der Waals surface area contributed by atoms with Gasteiger partial charge in [0.1, 0.15) is 0 Å². The van der Waals surface area contributed by atoms with Gasteiger partial charge in [0.25, 0.3) is 0 Å². The second-order valence-electron chi connectivity index (χ2n) is 9.79. The summed E-state index contributed by atoms with van der Waals surface area (Å²) in [5.74, 6) is 1.96. The first-order valence-corrected chi connectivity index (χ1v) is 10.2. The Hall–Kier alpha value is -0.300. The lowest BCUT2D eigenvalue weighted by molar-refractivity contribution is -0.123. The minimum absolute atomic E-state index is 0.406. The van der Waals surface area contributed by atoms with Gasteiger partial charge in [-0.15, -0.1) is 0 Å². The molecule has 1 spiro atoms. The summed E-state index contributed by atoms with van der Waals surface area (Å²) in [6.07, 6.45) is 14.5. The summed E-state index contributed by atoms with van der Waals surface area (Å²) in [6.45, 7) is 8.65. The van der Waals surface area contributed by atoms with Gasteiger partial charge in [-0.3, -0.25) is 0 Å². The van der Waals surface area contributed by atoms with Gasteiger partial charge >= 0.3 is 0 Å². The highest BCUT2D eigenvalue weighted by Crippen LogP contribution is 2.78. The van der Waals surface area contributed by atoms with E-state index in [0.717, 1.165) is 18.4 Å². The lowest BCUT2D eigenvalue weighted by Gasteiger charge is -2.59. The van der Waals surface area contributed by atoms with Crippen LogP contribution in [0, 0.1) is 28.1 Å². The molecule has 1 heteroatoms. The topological polar surface area (TPSA) is 9.23 Å². The Bertz CT molecular complexity index is 510. The minimum atomic E-state index is 0.406. The Kier molecular flexibility index (Phi) is 3.76. The van der Waals surface area contributed by atoms with Crippen LogP contribution in [0.25, 0.3) is 0 Å². The van der Waals surface area contributed by atoms with E-state index in [-0.39, 0.29) is 0 Å². The molecule has 0 aromatic rings. The Morgan fingerprint density at radius 3 is 2.48 bits per heavy atom. The largest absolute Gasteiger partial charge is 0.384 e. The monoisotopic (exact) mass is 316 g/mol. The maximum atomic E-state index is 5.79. The Balaban J connectivity index is 1.79. The highest BCUT2D eigenvalue weighted by Gasteiger charge is 2.71. The molecule has 130 valence electrons. The number of allylic oxidation sites excluding steroid dienone is 2. The fourth-order valence-electron chi connectivity index (χ4n) is 7.80. The van der Waals surface area contributed by atoms with Gasteiger partial charge in [0.15, 0.2) is 0 Å². The molecule has 0 saturated heterocycles. The van der Waals surface area contributed by atoms with Crippen LogP contribution in [-0.4, -0.2) is 13.7 Å². The zero-order valence-corrected chi connectivity index (χ0v) is 15.8. The molecule has 0 aliphatic heterocycles. The summed E-state index contributed by atoms with van der Waals surface area (Å²) in [7, 11) is 1.92. The third-order valence-corrected chi connectivity index (χ3v) is 9.11. The molecule has 2 bridgehead atoms. The standard InChI is InChI=1S/C22H36O/c1-16-10-13-22-18(17-8-6-5-7-9-17)11-12-21(15-23-4,14-19(16)22)20(22,2)3/h17-18H,5-15H2,1-4H3/t18-,21-,22+/m0/s1. The predicted octanol–water partition coefficient (Wildman–Crippen LogP) is 6.14. The number of rotatable bonds is 3. The lowest BCUT2D eigenvalue weighted by atomic mass is 9.45. The molecule has 0 radical (unpaired) electrons. The highest BCUT2D eigenvalue weighted by molar-refractivity contribution is 5.41. The van der Waals surface area contributed by atoms with Gasteiger partial charge in [0.05, 0.1) is 6.61 Å². The fourth-order valence-corrected chi connectivity index (χ4v) is 7.80. The summed E-state index contributed by atoms with van der Waals surface area (Å²) < 4.78 is 5.79. The molecule has 23 heavy (non-hydrogen) atoms. The molecule has 0 aromatic heterocycles. The van der Waals surface area contributed by atoms with Crippen LogP contribution in [0.4, 0.5) is 0 Å². The molecule has 4 rings (SSSR count). The first kappa shape index (κ1) is 16.2. The summed E-state index contributed by atoms with van der Waals surface area (Å²) >= 11 is 0. The van der Waals surface area contributed by atoms with Crippen LogP contribution in [-0.2, 0) is 4.74 Å². The third kappa shape index (κ3) is 1.89. The van der Waals surface area contributed by atoms with Gasteiger partial charge in [-0.2, -0.15) is 0 Å². The molecule has 0 heterocycles. The van der Waals surface area contributed by atoms with Crippen LogP contribution >= 0.6 is 0 Å². The summed E-state index contributed by atoms with van der Waals surface area (Å²) in [6, 6.07) is 0. The zero-order valence-electron chi connectivity index (χ0n) is 15.8. The van der Waals surface area contributed by atoms with Crippen molar-refractivity contribution < 1.29 is 4.74 Å². The minimum Gasteiger partial charge on any atom is -0.384 e. The molecule has 3 fully saturated rings. The van der Waals surface area contributed by atoms with Crippen molar-refractivity contribution in [2.24, 2.45) is 28.1 Å². The predicted molar refractivity (Wildman–Crippen MR) is 96.4 cm³/mol. The van der Waals surface area contributed by atoms with Crippen molar-refractivity contribution >= 4 is 0 Å². The van der Waals surface area contributed by atoms with E-state index < -0.39 is 0 Å². The molecule has 0 aromatic carbocycles. The molecule has 3 saturated carbocycles. The van der Waals surface area contributed by atoms with Crippen molar-refractivity contribution in [2.75, 3.05) is 13.7 Å². The average Bonchev–Trinajstić information content (AvgIpc) is 2.87. The second kappa shape index (κ2) is 5.35. The van der Waals surface area contributed by atoms with Crippen LogP contribution in [0.2, 0.25) is 0 Å². The Morgan fingerprint density at radius 1 is 1.04 bits per heavy atom. The van der Waals surface area contributed by atoms with Gasteiger partial charge in [0, 0.05) is 17.9 Å². The van der Waals surface area contributed by atoms with E-state index in [2.05, 4.69) is 20.8 Å². The van der Waals surface area contributed by atoms with Crippen molar-refractivity contribution in [3.63, 3.8) is 0 Å². The lowest BCUT2D eigenvalue weighted by Crippen LogP contribution is -2.54. The van der Waals surface area contributed by atoms with Crippen molar-refractivity contribution in [3.8, 4) is 0 Å². The van der Waals surface area contributed by atoms with E-state index >= 15 is 0 Å². The SMILES string of the molecule is COC[C@]12CC[C@@H](C3CCCCC3)[C@@]3(CCC(C)=C3C1)C2(C)C. The van der Waals surface area contributed by atoms with E-state index in [4.69, 9.17) is 4.74 Å². The molecular weight excluding hydrogens is 280 g/mol. The van der Waals surface area contributed by atoms with Crippen molar-refractivity contribution in [1.29, 1.82) is 0 Å². The number of ether oxygens (including phenoxy) is 1. The first-order valence-electron chi connectivity index (χ1n) is 10.2. The van der Waals surface area contributed by atoms with E-state index in [9.17, 15) is 0 Å². The molecular formula is C22H36O. The number of fused-ring (bicyclic) bond motifs is 1. The molecule has 1 nitrogen and oxygen atoms in total. The average molecular weight is 317 g/mol. The van der Waals surface area contributed by atoms with E-state index in [1.807, 2.05) is 12.7 Å². The van der Waals surface area contributed by atoms with Crippen molar-refractivity contribution in [1.82, 2.24) is 0 Å². The smallest absolute Gasteiger partial charge is 0.0527 e. The normalized spacial score (nSPS) is 43.0. The summed E-state index contributed by atoms with van der Waals surface area (Å²) in [4.78, 5) is 0. The maximum Gasteiger partial charge on any atom is 0.0527 e. The van der Waals surface area contributed by atoms with E-state index in [0.29, 0.717) is 16.2 Å². The van der Waals surface area contributed by atoms with E-state index in [1.54, 1.807) is 5.57 Å². The number of hydrogen-bond donors (Lipinski definition) is 0. The third-order valence-electron chi connectivity index (χ3n) is 9.11.